The summed E-state index contributed by atoms with van der Waals surface area (Å²) in [7, 11) is 3.13. The first-order chi connectivity index (χ1) is 15.5. The number of benzene rings is 2. The van der Waals surface area contributed by atoms with Gasteiger partial charge in [-0.15, -0.1) is 0 Å². The molecule has 1 fully saturated rings. The minimum absolute atomic E-state index is 0.172. The number of fused-ring (bicyclic) bond motifs is 1. The van der Waals surface area contributed by atoms with Gasteiger partial charge < -0.3 is 30.0 Å². The number of carbonyl (C=O) groups is 1. The van der Waals surface area contributed by atoms with Gasteiger partial charge in [0, 0.05) is 24.5 Å². The number of hydrogen-bond donors (Lipinski definition) is 2. The third-order valence-electron chi connectivity index (χ3n) is 5.60. The number of nitrogens with zero attached hydrogens (tertiary/aromatic N) is 3. The number of aromatic nitrogens is 2. The van der Waals surface area contributed by atoms with Gasteiger partial charge in [0.2, 0.25) is 5.95 Å². The van der Waals surface area contributed by atoms with E-state index in [0.29, 0.717) is 65.7 Å². The lowest BCUT2D eigenvalue weighted by atomic mass is 10.1. The Morgan fingerprint density at radius 3 is 2.38 bits per heavy atom. The van der Waals surface area contributed by atoms with Gasteiger partial charge in [-0.05, 0) is 24.5 Å². The van der Waals surface area contributed by atoms with Crippen LogP contribution in [0.3, 0.4) is 0 Å². The molecule has 2 aromatic carbocycles. The van der Waals surface area contributed by atoms with E-state index in [-0.39, 0.29) is 6.10 Å². The molecular formula is C23H26N4O5. The lowest BCUT2D eigenvalue weighted by Crippen LogP contribution is -2.39. The van der Waals surface area contributed by atoms with E-state index in [1.807, 2.05) is 23.1 Å². The number of piperidine rings is 1. The van der Waals surface area contributed by atoms with Gasteiger partial charge in [-0.1, -0.05) is 30.3 Å². The third-order valence-corrected chi connectivity index (χ3v) is 5.60. The highest BCUT2D eigenvalue weighted by Crippen LogP contribution is 2.34. The Morgan fingerprint density at radius 2 is 1.75 bits per heavy atom. The smallest absolute Gasteiger partial charge is 0.337 e. The standard InChI is InChI=1S/C23H26N4O5/c1-30-18-12-16-17(13-19(18)31-2)25-23(26-21(16)24)27-10-8-15(9-11-27)32-20(22(28)29)14-6-4-3-5-7-14/h3-7,12-13,15,20H,8-11H2,1-2H3,(H,28,29)(H2,24,25,26). The average Bonchev–Trinajstić information content (AvgIpc) is 2.82. The molecule has 0 bridgehead atoms. The molecule has 3 aromatic rings. The first-order valence-electron chi connectivity index (χ1n) is 10.4. The number of methoxy groups -OCH3 is 2. The van der Waals surface area contributed by atoms with Crippen LogP contribution in [0.15, 0.2) is 42.5 Å². The molecule has 0 amide bonds. The summed E-state index contributed by atoms with van der Waals surface area (Å²) in [5.74, 6) is 1.02. The van der Waals surface area contributed by atoms with Gasteiger partial charge in [0.25, 0.3) is 0 Å². The van der Waals surface area contributed by atoms with Crippen LogP contribution in [0.25, 0.3) is 10.9 Å². The predicted octanol–water partition coefficient (Wildman–Crippen LogP) is 3.04. The fraction of sp³-hybridized carbons (Fsp3) is 0.348. The summed E-state index contributed by atoms with van der Waals surface area (Å²) < 4.78 is 16.7. The highest BCUT2D eigenvalue weighted by Gasteiger charge is 2.28. The van der Waals surface area contributed by atoms with Gasteiger partial charge in [0.05, 0.1) is 25.8 Å². The Labute approximate surface area is 185 Å². The van der Waals surface area contributed by atoms with Gasteiger partial charge in [-0.25, -0.2) is 9.78 Å². The Kier molecular flexibility index (Phi) is 6.27. The van der Waals surface area contributed by atoms with Crippen LogP contribution in [0.1, 0.15) is 24.5 Å². The molecule has 1 atom stereocenters. The highest BCUT2D eigenvalue weighted by molar-refractivity contribution is 5.91. The van der Waals surface area contributed by atoms with Gasteiger partial charge >= 0.3 is 5.97 Å². The van der Waals surface area contributed by atoms with Crippen molar-refractivity contribution in [3.63, 3.8) is 0 Å². The maximum atomic E-state index is 11.7. The molecule has 0 aliphatic carbocycles. The average molecular weight is 438 g/mol. The monoisotopic (exact) mass is 438 g/mol. The number of carboxylic acid groups (broad SMARTS) is 1. The van der Waals surface area contributed by atoms with E-state index in [1.165, 1.54) is 0 Å². The zero-order valence-electron chi connectivity index (χ0n) is 18.0. The minimum Gasteiger partial charge on any atom is -0.493 e. The SMILES string of the molecule is COc1cc2nc(N3CCC(OC(C(=O)O)c4ccccc4)CC3)nc(N)c2cc1OC. The lowest BCUT2D eigenvalue weighted by Gasteiger charge is -2.33. The van der Waals surface area contributed by atoms with Crippen molar-refractivity contribution in [2.24, 2.45) is 0 Å². The first kappa shape index (κ1) is 21.6. The van der Waals surface area contributed by atoms with Crippen molar-refractivity contribution in [1.29, 1.82) is 0 Å². The summed E-state index contributed by atoms with van der Waals surface area (Å²) in [6.45, 7) is 1.26. The van der Waals surface area contributed by atoms with Crippen molar-refractivity contribution in [2.75, 3.05) is 37.9 Å². The molecule has 1 aliphatic rings. The molecular weight excluding hydrogens is 412 g/mol. The molecule has 0 radical (unpaired) electrons. The van der Waals surface area contributed by atoms with Crippen LogP contribution < -0.4 is 20.1 Å². The quantitative estimate of drug-likeness (QED) is 0.573. The molecule has 0 saturated carbocycles. The molecule has 0 spiro atoms. The molecule has 2 heterocycles. The van der Waals surface area contributed by atoms with Crippen molar-refractivity contribution in [3.05, 3.63) is 48.0 Å². The van der Waals surface area contributed by atoms with Crippen molar-refractivity contribution < 1.29 is 24.1 Å². The number of ether oxygens (including phenoxy) is 3. The number of aliphatic carboxylic acids is 1. The number of carboxylic acids is 1. The summed E-state index contributed by atoms with van der Waals surface area (Å²) in [6.07, 6.45) is 0.158. The van der Waals surface area contributed by atoms with Crippen LogP contribution in [0.2, 0.25) is 0 Å². The molecule has 1 aromatic heterocycles. The number of rotatable bonds is 7. The van der Waals surface area contributed by atoms with E-state index in [4.69, 9.17) is 19.9 Å². The maximum Gasteiger partial charge on any atom is 0.337 e. The van der Waals surface area contributed by atoms with Gasteiger partial charge in [0.1, 0.15) is 5.82 Å². The maximum absolute atomic E-state index is 11.7. The Morgan fingerprint density at radius 1 is 1.09 bits per heavy atom. The summed E-state index contributed by atoms with van der Waals surface area (Å²) in [5.41, 5.74) is 7.51. The van der Waals surface area contributed by atoms with Crippen LogP contribution in [0, 0.1) is 0 Å². The van der Waals surface area contributed by atoms with Gasteiger partial charge in [-0.2, -0.15) is 4.98 Å². The third kappa shape index (κ3) is 4.38. The van der Waals surface area contributed by atoms with E-state index >= 15 is 0 Å². The van der Waals surface area contributed by atoms with Crippen LogP contribution in [-0.4, -0.2) is 54.5 Å². The van der Waals surface area contributed by atoms with Crippen LogP contribution in [-0.2, 0) is 9.53 Å². The summed E-state index contributed by atoms with van der Waals surface area (Å²) >= 11 is 0. The zero-order chi connectivity index (χ0) is 22.7. The number of nitrogens with two attached hydrogens (primary N) is 1. The van der Waals surface area contributed by atoms with Crippen molar-refractivity contribution in [3.8, 4) is 11.5 Å². The first-order valence-corrected chi connectivity index (χ1v) is 10.4. The second-order valence-corrected chi connectivity index (χ2v) is 7.58. The zero-order valence-corrected chi connectivity index (χ0v) is 18.0. The predicted molar refractivity (Wildman–Crippen MR) is 120 cm³/mol. The highest BCUT2D eigenvalue weighted by atomic mass is 16.5. The second-order valence-electron chi connectivity index (χ2n) is 7.58. The fourth-order valence-corrected chi connectivity index (χ4v) is 3.90. The lowest BCUT2D eigenvalue weighted by molar-refractivity contribution is -0.155. The summed E-state index contributed by atoms with van der Waals surface area (Å²) in [6, 6.07) is 12.5. The van der Waals surface area contributed by atoms with E-state index in [0.717, 1.165) is 0 Å². The molecule has 1 saturated heterocycles. The summed E-state index contributed by atoms with van der Waals surface area (Å²) in [4.78, 5) is 22.9. The molecule has 32 heavy (non-hydrogen) atoms. The molecule has 3 N–H and O–H groups in total. The Bertz CT molecular complexity index is 1100. The second kappa shape index (κ2) is 9.27. The number of hydrogen-bond acceptors (Lipinski definition) is 8. The molecule has 1 aliphatic heterocycles. The number of anilines is 2. The van der Waals surface area contributed by atoms with Crippen molar-refractivity contribution >= 4 is 28.6 Å². The largest absolute Gasteiger partial charge is 0.493 e. The fourth-order valence-electron chi connectivity index (χ4n) is 3.90. The van der Waals surface area contributed by atoms with Gasteiger partial charge in [0.15, 0.2) is 17.6 Å². The summed E-state index contributed by atoms with van der Waals surface area (Å²) in [5, 5.41) is 10.3. The number of nitrogen functional groups attached to an aromatic ring is 1. The molecule has 9 nitrogen and oxygen atoms in total. The van der Waals surface area contributed by atoms with Crippen LogP contribution in [0.5, 0.6) is 11.5 Å². The van der Waals surface area contributed by atoms with Gasteiger partial charge in [-0.3, -0.25) is 0 Å². The van der Waals surface area contributed by atoms with Crippen LogP contribution >= 0.6 is 0 Å². The van der Waals surface area contributed by atoms with Crippen LogP contribution in [0.4, 0.5) is 11.8 Å². The topological polar surface area (TPSA) is 120 Å². The molecule has 4 rings (SSSR count). The molecule has 168 valence electrons. The molecule has 1 unspecified atom stereocenters. The van der Waals surface area contributed by atoms with E-state index in [9.17, 15) is 9.90 Å². The normalized spacial score (nSPS) is 15.5. The minimum atomic E-state index is -0.992. The van der Waals surface area contributed by atoms with E-state index < -0.39 is 12.1 Å². The molecule has 9 heteroatoms. The van der Waals surface area contributed by atoms with Crippen molar-refractivity contribution in [1.82, 2.24) is 9.97 Å². The van der Waals surface area contributed by atoms with Crippen molar-refractivity contribution in [2.45, 2.75) is 25.0 Å². The Hall–Kier alpha value is -3.59. The van der Waals surface area contributed by atoms with E-state index in [1.54, 1.807) is 38.5 Å². The Balaban J connectivity index is 1.48. The van der Waals surface area contributed by atoms with E-state index in [2.05, 4.69) is 9.97 Å².